The second-order valence-corrected chi connectivity index (χ2v) is 5.75. The van der Waals surface area contributed by atoms with Gasteiger partial charge in [-0.2, -0.15) is 0 Å². The van der Waals surface area contributed by atoms with E-state index in [0.29, 0.717) is 5.56 Å². The van der Waals surface area contributed by atoms with E-state index in [0.717, 1.165) is 24.8 Å². The Morgan fingerprint density at radius 3 is 2.24 bits per heavy atom. The number of nitrogens with zero attached hydrogens (tertiary/aromatic N) is 1. The lowest BCUT2D eigenvalue weighted by Gasteiger charge is -2.17. The molecule has 1 aliphatic carbocycles. The zero-order chi connectivity index (χ0) is 15.0. The summed E-state index contributed by atoms with van der Waals surface area (Å²) in [5.74, 6) is -1.40. The second kappa shape index (κ2) is 5.31. The molecular formula is C16H17NO4. The molecule has 0 aromatic heterocycles. The summed E-state index contributed by atoms with van der Waals surface area (Å²) in [7, 11) is 0. The quantitative estimate of drug-likeness (QED) is 0.854. The largest absolute Gasteiger partial charge is 0.481 e. The summed E-state index contributed by atoms with van der Waals surface area (Å²) >= 11 is 0. The summed E-state index contributed by atoms with van der Waals surface area (Å²) in [6.45, 7) is 0.189. The van der Waals surface area contributed by atoms with Crippen LogP contribution >= 0.6 is 0 Å². The minimum absolute atomic E-state index is 0.0902. The van der Waals surface area contributed by atoms with Crippen LogP contribution in [0.2, 0.25) is 0 Å². The Hall–Kier alpha value is -2.17. The molecule has 1 aliphatic heterocycles. The van der Waals surface area contributed by atoms with E-state index in [1.165, 1.54) is 4.90 Å². The molecule has 0 radical (unpaired) electrons. The number of hydrogen-bond acceptors (Lipinski definition) is 3. The SMILES string of the molecule is O=C(O)Cc1ccccc1CN1C(=O)C2CCCC2C1=O. The Bertz CT molecular complexity index is 588. The molecule has 1 saturated heterocycles. The molecule has 0 spiro atoms. The predicted octanol–water partition coefficient (Wildman–Crippen LogP) is 1.60. The number of fused-ring (bicyclic) bond motifs is 1. The fourth-order valence-electron chi connectivity index (χ4n) is 3.43. The van der Waals surface area contributed by atoms with Gasteiger partial charge < -0.3 is 5.11 Å². The molecule has 2 unspecified atom stereocenters. The first-order valence-corrected chi connectivity index (χ1v) is 7.21. The smallest absolute Gasteiger partial charge is 0.307 e. The lowest BCUT2D eigenvalue weighted by molar-refractivity contribution is -0.141. The molecule has 5 nitrogen and oxygen atoms in total. The molecule has 5 heteroatoms. The van der Waals surface area contributed by atoms with Crippen molar-refractivity contribution in [1.29, 1.82) is 0 Å². The number of hydrogen-bond donors (Lipinski definition) is 1. The number of imide groups is 1. The summed E-state index contributed by atoms with van der Waals surface area (Å²) in [6, 6.07) is 7.08. The third kappa shape index (κ3) is 2.44. The molecule has 2 amide bonds. The zero-order valence-electron chi connectivity index (χ0n) is 11.6. The van der Waals surface area contributed by atoms with Gasteiger partial charge >= 0.3 is 5.97 Å². The molecule has 3 rings (SSSR count). The van der Waals surface area contributed by atoms with Gasteiger partial charge in [-0.1, -0.05) is 30.7 Å². The van der Waals surface area contributed by atoms with E-state index in [1.807, 2.05) is 0 Å². The van der Waals surface area contributed by atoms with Crippen molar-refractivity contribution < 1.29 is 19.5 Å². The first kappa shape index (κ1) is 13.8. The zero-order valence-corrected chi connectivity index (χ0v) is 11.6. The van der Waals surface area contributed by atoms with Crippen LogP contribution in [0, 0.1) is 11.8 Å². The highest BCUT2D eigenvalue weighted by atomic mass is 16.4. The average Bonchev–Trinajstić information content (AvgIpc) is 3.00. The highest BCUT2D eigenvalue weighted by Gasteiger charge is 2.49. The fraction of sp³-hybridized carbons (Fsp3) is 0.438. The molecule has 0 bridgehead atoms. The molecule has 110 valence electrons. The van der Waals surface area contributed by atoms with Gasteiger partial charge in [-0.05, 0) is 24.0 Å². The van der Waals surface area contributed by atoms with Crippen LogP contribution in [0.4, 0.5) is 0 Å². The van der Waals surface area contributed by atoms with Crippen molar-refractivity contribution in [2.24, 2.45) is 11.8 Å². The Morgan fingerprint density at radius 1 is 1.10 bits per heavy atom. The summed E-state index contributed by atoms with van der Waals surface area (Å²) in [5, 5.41) is 8.94. The van der Waals surface area contributed by atoms with E-state index >= 15 is 0 Å². The molecule has 1 heterocycles. The number of benzene rings is 1. The molecule has 2 fully saturated rings. The van der Waals surface area contributed by atoms with Crippen LogP contribution in [0.15, 0.2) is 24.3 Å². The predicted molar refractivity (Wildman–Crippen MR) is 74.2 cm³/mol. The number of carboxylic acids is 1. The standard InChI is InChI=1S/C16H17NO4/c18-14(19)8-10-4-1-2-5-11(10)9-17-15(20)12-6-3-7-13(12)16(17)21/h1-2,4-5,12-13H,3,6-9H2,(H,18,19). The highest BCUT2D eigenvalue weighted by Crippen LogP contribution is 2.40. The number of rotatable bonds is 4. The van der Waals surface area contributed by atoms with Gasteiger partial charge in [0.1, 0.15) is 0 Å². The van der Waals surface area contributed by atoms with Gasteiger partial charge in [0.25, 0.3) is 0 Å². The summed E-state index contributed by atoms with van der Waals surface area (Å²) in [4.78, 5) is 36.9. The van der Waals surface area contributed by atoms with Gasteiger partial charge in [0.05, 0.1) is 24.8 Å². The van der Waals surface area contributed by atoms with Crippen LogP contribution in [0.3, 0.4) is 0 Å². The van der Waals surface area contributed by atoms with E-state index < -0.39 is 5.97 Å². The monoisotopic (exact) mass is 287 g/mol. The van der Waals surface area contributed by atoms with Crippen molar-refractivity contribution >= 4 is 17.8 Å². The molecular weight excluding hydrogens is 270 g/mol. The molecule has 2 aliphatic rings. The molecule has 1 saturated carbocycles. The number of amides is 2. The van der Waals surface area contributed by atoms with Crippen LogP contribution in [-0.4, -0.2) is 27.8 Å². The number of carbonyl (C=O) groups excluding carboxylic acids is 2. The Kier molecular flexibility index (Phi) is 3.49. The maximum atomic E-state index is 12.3. The van der Waals surface area contributed by atoms with Gasteiger partial charge in [0.15, 0.2) is 0 Å². The van der Waals surface area contributed by atoms with Crippen LogP contribution < -0.4 is 0 Å². The van der Waals surface area contributed by atoms with Crippen molar-refractivity contribution in [2.75, 3.05) is 0 Å². The Balaban J connectivity index is 1.83. The lowest BCUT2D eigenvalue weighted by atomic mass is 10.00. The first-order valence-electron chi connectivity index (χ1n) is 7.21. The average molecular weight is 287 g/mol. The number of carboxylic acid groups (broad SMARTS) is 1. The maximum Gasteiger partial charge on any atom is 0.307 e. The van der Waals surface area contributed by atoms with E-state index in [2.05, 4.69) is 0 Å². The summed E-state index contributed by atoms with van der Waals surface area (Å²) in [6.07, 6.45) is 2.43. The van der Waals surface area contributed by atoms with E-state index in [-0.39, 0.29) is 36.6 Å². The minimum atomic E-state index is -0.918. The Labute approximate surface area is 122 Å². The van der Waals surface area contributed by atoms with Crippen molar-refractivity contribution in [3.05, 3.63) is 35.4 Å². The summed E-state index contributed by atoms with van der Waals surface area (Å²) in [5.41, 5.74) is 1.39. The van der Waals surface area contributed by atoms with Gasteiger partial charge in [-0.3, -0.25) is 19.3 Å². The molecule has 2 atom stereocenters. The maximum absolute atomic E-state index is 12.3. The van der Waals surface area contributed by atoms with Crippen molar-refractivity contribution in [3.8, 4) is 0 Å². The number of aliphatic carboxylic acids is 1. The third-order valence-electron chi connectivity index (χ3n) is 4.47. The van der Waals surface area contributed by atoms with Crippen LogP contribution in [0.1, 0.15) is 30.4 Å². The van der Waals surface area contributed by atoms with Crippen molar-refractivity contribution in [3.63, 3.8) is 0 Å². The van der Waals surface area contributed by atoms with Crippen LogP contribution in [-0.2, 0) is 27.3 Å². The first-order chi connectivity index (χ1) is 10.1. The van der Waals surface area contributed by atoms with Crippen molar-refractivity contribution in [1.82, 2.24) is 4.90 Å². The van der Waals surface area contributed by atoms with Gasteiger partial charge in [-0.25, -0.2) is 0 Å². The number of carbonyl (C=O) groups is 3. The van der Waals surface area contributed by atoms with Crippen molar-refractivity contribution in [2.45, 2.75) is 32.2 Å². The van der Waals surface area contributed by atoms with Gasteiger partial charge in [-0.15, -0.1) is 0 Å². The summed E-state index contributed by atoms with van der Waals surface area (Å²) < 4.78 is 0. The molecule has 1 aromatic rings. The fourth-order valence-corrected chi connectivity index (χ4v) is 3.43. The minimum Gasteiger partial charge on any atom is -0.481 e. The molecule has 21 heavy (non-hydrogen) atoms. The van der Waals surface area contributed by atoms with E-state index in [9.17, 15) is 14.4 Å². The van der Waals surface area contributed by atoms with Gasteiger partial charge in [0, 0.05) is 0 Å². The lowest BCUT2D eigenvalue weighted by Crippen LogP contribution is -2.31. The van der Waals surface area contributed by atoms with Crippen LogP contribution in [0.5, 0.6) is 0 Å². The van der Waals surface area contributed by atoms with Crippen LogP contribution in [0.25, 0.3) is 0 Å². The second-order valence-electron chi connectivity index (χ2n) is 5.75. The van der Waals surface area contributed by atoms with Gasteiger partial charge in [0.2, 0.25) is 11.8 Å². The number of likely N-dealkylation sites (tertiary alicyclic amines) is 1. The third-order valence-corrected chi connectivity index (χ3v) is 4.47. The normalized spacial score (nSPS) is 24.5. The van der Waals surface area contributed by atoms with E-state index in [1.54, 1.807) is 24.3 Å². The molecule has 1 N–H and O–H groups in total. The topological polar surface area (TPSA) is 74.7 Å². The molecule has 1 aromatic carbocycles. The van der Waals surface area contributed by atoms with E-state index in [4.69, 9.17) is 5.11 Å². The highest BCUT2D eigenvalue weighted by molar-refractivity contribution is 6.05. The Morgan fingerprint density at radius 2 is 1.67 bits per heavy atom.